The SMILES string of the molecule is Cc1ccc(-c2cc(C(=O)N3CCCC(N(C)C)C3)c3cnn(C(C)C)c3n2)cc1. The molecule has 1 fully saturated rings. The molecule has 6 nitrogen and oxygen atoms in total. The molecule has 4 rings (SSSR count). The second-order valence-electron chi connectivity index (χ2n) is 8.85. The fourth-order valence-electron chi connectivity index (χ4n) is 4.18. The average Bonchev–Trinajstić information content (AvgIpc) is 3.17. The minimum atomic E-state index is 0.0746. The van der Waals surface area contributed by atoms with E-state index in [1.807, 2.05) is 15.6 Å². The summed E-state index contributed by atoms with van der Waals surface area (Å²) in [5.41, 5.74) is 4.49. The van der Waals surface area contributed by atoms with Crippen LogP contribution in [0.5, 0.6) is 0 Å². The highest BCUT2D eigenvalue weighted by Crippen LogP contribution is 2.28. The van der Waals surface area contributed by atoms with Gasteiger partial charge in [-0.05, 0) is 53.8 Å². The van der Waals surface area contributed by atoms with Gasteiger partial charge in [0, 0.05) is 30.7 Å². The maximum absolute atomic E-state index is 13.6. The van der Waals surface area contributed by atoms with Crippen molar-refractivity contribution in [1.29, 1.82) is 0 Å². The highest BCUT2D eigenvalue weighted by Gasteiger charge is 2.28. The fraction of sp³-hybridized carbons (Fsp3) is 0.458. The highest BCUT2D eigenvalue weighted by atomic mass is 16.2. The highest BCUT2D eigenvalue weighted by molar-refractivity contribution is 6.06. The largest absolute Gasteiger partial charge is 0.337 e. The summed E-state index contributed by atoms with van der Waals surface area (Å²) in [5.74, 6) is 0.0746. The minimum Gasteiger partial charge on any atom is -0.337 e. The Labute approximate surface area is 178 Å². The Morgan fingerprint density at radius 3 is 2.60 bits per heavy atom. The van der Waals surface area contributed by atoms with Crippen molar-refractivity contribution in [2.45, 2.75) is 45.7 Å². The second-order valence-corrected chi connectivity index (χ2v) is 8.85. The molecule has 1 aromatic carbocycles. The molecule has 30 heavy (non-hydrogen) atoms. The van der Waals surface area contributed by atoms with Crippen molar-refractivity contribution in [3.05, 3.63) is 47.7 Å². The number of likely N-dealkylation sites (N-methyl/N-ethyl adjacent to an activating group) is 1. The zero-order valence-corrected chi connectivity index (χ0v) is 18.6. The van der Waals surface area contributed by atoms with Gasteiger partial charge in [0.1, 0.15) is 0 Å². The summed E-state index contributed by atoms with van der Waals surface area (Å²) >= 11 is 0. The Kier molecular flexibility index (Phi) is 5.60. The summed E-state index contributed by atoms with van der Waals surface area (Å²) in [6.07, 6.45) is 3.95. The predicted octanol–water partition coefficient (Wildman–Crippen LogP) is 4.15. The minimum absolute atomic E-state index is 0.0746. The van der Waals surface area contributed by atoms with Gasteiger partial charge < -0.3 is 9.80 Å². The molecule has 0 aliphatic carbocycles. The Morgan fingerprint density at radius 1 is 1.20 bits per heavy atom. The van der Waals surface area contributed by atoms with Crippen LogP contribution in [0.1, 0.15) is 48.7 Å². The number of aromatic nitrogens is 3. The maximum Gasteiger partial charge on any atom is 0.254 e. The number of aryl methyl sites for hydroxylation is 1. The lowest BCUT2D eigenvalue weighted by Crippen LogP contribution is -2.47. The molecule has 3 heterocycles. The Balaban J connectivity index is 1.81. The number of benzene rings is 1. The van der Waals surface area contributed by atoms with Gasteiger partial charge in [-0.25, -0.2) is 9.67 Å². The number of fused-ring (bicyclic) bond motifs is 1. The molecule has 1 amide bonds. The molecule has 0 spiro atoms. The number of carbonyl (C=O) groups excluding carboxylic acids is 1. The molecule has 0 bridgehead atoms. The van der Waals surface area contributed by atoms with Crippen LogP contribution in [0.2, 0.25) is 0 Å². The monoisotopic (exact) mass is 405 g/mol. The Morgan fingerprint density at radius 2 is 1.93 bits per heavy atom. The molecule has 0 radical (unpaired) electrons. The molecule has 158 valence electrons. The van der Waals surface area contributed by atoms with Gasteiger partial charge in [0.2, 0.25) is 0 Å². The maximum atomic E-state index is 13.6. The van der Waals surface area contributed by atoms with Crippen molar-refractivity contribution < 1.29 is 4.79 Å². The number of rotatable bonds is 4. The van der Waals surface area contributed by atoms with Crippen LogP contribution >= 0.6 is 0 Å². The Hall–Kier alpha value is -2.73. The third kappa shape index (κ3) is 3.84. The number of amides is 1. The third-order valence-electron chi connectivity index (χ3n) is 6.05. The number of carbonyl (C=O) groups is 1. The number of piperidine rings is 1. The van der Waals surface area contributed by atoms with Gasteiger partial charge in [0.05, 0.1) is 22.8 Å². The van der Waals surface area contributed by atoms with Crippen LogP contribution in [0.25, 0.3) is 22.3 Å². The molecule has 3 aromatic rings. The summed E-state index contributed by atoms with van der Waals surface area (Å²) in [6, 6.07) is 10.8. The van der Waals surface area contributed by atoms with E-state index in [4.69, 9.17) is 4.98 Å². The van der Waals surface area contributed by atoms with Crippen LogP contribution in [0.15, 0.2) is 36.5 Å². The van der Waals surface area contributed by atoms with Gasteiger partial charge in [0.15, 0.2) is 5.65 Å². The van der Waals surface area contributed by atoms with Crippen molar-refractivity contribution in [2.75, 3.05) is 27.2 Å². The third-order valence-corrected chi connectivity index (χ3v) is 6.05. The summed E-state index contributed by atoms with van der Waals surface area (Å²) in [5, 5.41) is 5.38. The second kappa shape index (κ2) is 8.19. The summed E-state index contributed by atoms with van der Waals surface area (Å²) in [4.78, 5) is 22.8. The van der Waals surface area contributed by atoms with Gasteiger partial charge in [-0.3, -0.25) is 4.79 Å². The van der Waals surface area contributed by atoms with Crippen LogP contribution in [0, 0.1) is 6.92 Å². The number of nitrogens with zero attached hydrogens (tertiary/aromatic N) is 5. The molecular formula is C24H31N5O. The smallest absolute Gasteiger partial charge is 0.254 e. The average molecular weight is 406 g/mol. The molecule has 1 atom stereocenters. The van der Waals surface area contributed by atoms with E-state index in [1.54, 1.807) is 6.20 Å². The molecule has 0 N–H and O–H groups in total. The quantitative estimate of drug-likeness (QED) is 0.654. The van der Waals surface area contributed by atoms with Crippen molar-refractivity contribution >= 4 is 16.9 Å². The number of likely N-dealkylation sites (tertiary alicyclic amines) is 1. The lowest BCUT2D eigenvalue weighted by atomic mass is 10.0. The van der Waals surface area contributed by atoms with Gasteiger partial charge in [0.25, 0.3) is 5.91 Å². The lowest BCUT2D eigenvalue weighted by Gasteiger charge is -2.36. The van der Waals surface area contributed by atoms with Crippen LogP contribution in [0.4, 0.5) is 0 Å². The topological polar surface area (TPSA) is 54.3 Å². The normalized spacial score (nSPS) is 17.3. The van der Waals surface area contributed by atoms with Crippen molar-refractivity contribution in [2.24, 2.45) is 0 Å². The molecule has 1 saturated heterocycles. The Bertz CT molecular complexity index is 1050. The van der Waals surface area contributed by atoms with Crippen molar-refractivity contribution in [3.8, 4) is 11.3 Å². The van der Waals surface area contributed by atoms with Crippen LogP contribution in [-0.4, -0.2) is 63.7 Å². The molecule has 0 saturated carbocycles. The van der Waals surface area contributed by atoms with Gasteiger partial charge >= 0.3 is 0 Å². The molecule has 1 aliphatic rings. The van der Waals surface area contributed by atoms with E-state index >= 15 is 0 Å². The fourth-order valence-corrected chi connectivity index (χ4v) is 4.18. The summed E-state index contributed by atoms with van der Waals surface area (Å²) < 4.78 is 1.91. The van der Waals surface area contributed by atoms with Crippen LogP contribution in [-0.2, 0) is 0 Å². The summed E-state index contributed by atoms with van der Waals surface area (Å²) in [6.45, 7) is 7.79. The molecule has 1 unspecified atom stereocenters. The first-order valence-electron chi connectivity index (χ1n) is 10.8. The van der Waals surface area contributed by atoms with Crippen molar-refractivity contribution in [3.63, 3.8) is 0 Å². The molecule has 1 aliphatic heterocycles. The standard InChI is InChI=1S/C24H31N5O/c1-16(2)29-23-21(14-25-29)20(13-22(26-23)18-10-8-17(3)9-11-18)24(30)28-12-6-7-19(15-28)27(4)5/h8-11,13-14,16,19H,6-7,12,15H2,1-5H3. The number of pyridine rings is 1. The van der Waals surface area contributed by atoms with Crippen LogP contribution in [0.3, 0.4) is 0 Å². The van der Waals surface area contributed by atoms with E-state index < -0.39 is 0 Å². The van der Waals surface area contributed by atoms with E-state index in [2.05, 4.69) is 69.1 Å². The first-order valence-corrected chi connectivity index (χ1v) is 10.8. The first kappa shape index (κ1) is 20.5. The van der Waals surface area contributed by atoms with Gasteiger partial charge in [-0.15, -0.1) is 0 Å². The molecular weight excluding hydrogens is 374 g/mol. The first-order chi connectivity index (χ1) is 14.3. The lowest BCUT2D eigenvalue weighted by molar-refractivity contribution is 0.0637. The van der Waals surface area contributed by atoms with E-state index in [-0.39, 0.29) is 11.9 Å². The summed E-state index contributed by atoms with van der Waals surface area (Å²) in [7, 11) is 4.18. The number of hydrogen-bond donors (Lipinski definition) is 0. The predicted molar refractivity (Wildman–Crippen MR) is 121 cm³/mol. The van der Waals surface area contributed by atoms with Crippen LogP contribution < -0.4 is 0 Å². The van der Waals surface area contributed by atoms with E-state index in [0.29, 0.717) is 11.6 Å². The zero-order valence-electron chi connectivity index (χ0n) is 18.6. The number of hydrogen-bond acceptors (Lipinski definition) is 4. The van der Waals surface area contributed by atoms with E-state index in [1.165, 1.54) is 5.56 Å². The van der Waals surface area contributed by atoms with Gasteiger partial charge in [-0.2, -0.15) is 5.10 Å². The molecule has 2 aromatic heterocycles. The zero-order chi connectivity index (χ0) is 21.4. The van der Waals surface area contributed by atoms with Gasteiger partial charge in [-0.1, -0.05) is 29.8 Å². The van der Waals surface area contributed by atoms with E-state index in [9.17, 15) is 4.79 Å². The van der Waals surface area contributed by atoms with Crippen molar-refractivity contribution in [1.82, 2.24) is 24.6 Å². The van der Waals surface area contributed by atoms with E-state index in [0.717, 1.165) is 48.2 Å². The molecule has 6 heteroatoms.